The van der Waals surface area contributed by atoms with Crippen LogP contribution < -0.4 is 10.2 Å². The number of anilines is 1. The van der Waals surface area contributed by atoms with E-state index in [1.54, 1.807) is 4.90 Å². The van der Waals surface area contributed by atoms with Crippen molar-refractivity contribution in [3.05, 3.63) is 36.4 Å². The quantitative estimate of drug-likeness (QED) is 0.734. The number of rotatable bonds is 1. The third kappa shape index (κ3) is 1.85. The third-order valence-electron chi connectivity index (χ3n) is 2.20. The van der Waals surface area contributed by atoms with Crippen LogP contribution in [0.25, 0.3) is 0 Å². The van der Waals surface area contributed by atoms with Crippen molar-refractivity contribution in [2.24, 2.45) is 0 Å². The smallest absolute Gasteiger partial charge is 0.149 e. The molecule has 2 nitrogen and oxygen atoms in total. The first kappa shape index (κ1) is 9.40. The SMILES string of the molecule is Fc1ccc(N2[CH]CNCC2)c(F)c1. The molecule has 0 atom stereocenters. The Bertz CT molecular complexity index is 322. The van der Waals surface area contributed by atoms with E-state index in [0.29, 0.717) is 12.2 Å². The van der Waals surface area contributed by atoms with Crippen LogP contribution in [-0.4, -0.2) is 19.6 Å². The zero-order valence-electron chi connectivity index (χ0n) is 7.63. The van der Waals surface area contributed by atoms with Crippen molar-refractivity contribution in [2.75, 3.05) is 24.5 Å². The second kappa shape index (κ2) is 3.92. The van der Waals surface area contributed by atoms with Crippen molar-refractivity contribution >= 4 is 5.69 Å². The average Bonchev–Trinajstić information content (AvgIpc) is 2.19. The number of halogens is 2. The lowest BCUT2D eigenvalue weighted by Crippen LogP contribution is -2.40. The summed E-state index contributed by atoms with van der Waals surface area (Å²) in [7, 11) is 0. The Kier molecular flexibility index (Phi) is 2.63. The molecule has 1 heterocycles. The van der Waals surface area contributed by atoms with Gasteiger partial charge in [0.15, 0.2) is 0 Å². The second-order valence-corrected chi connectivity index (χ2v) is 3.18. The van der Waals surface area contributed by atoms with Crippen LogP contribution in [0.3, 0.4) is 0 Å². The molecule has 75 valence electrons. The molecule has 0 saturated carbocycles. The Balaban J connectivity index is 2.22. The molecule has 0 amide bonds. The molecule has 1 aliphatic heterocycles. The minimum Gasteiger partial charge on any atom is -0.362 e. The first-order valence-electron chi connectivity index (χ1n) is 4.53. The fraction of sp³-hybridized carbons (Fsp3) is 0.300. The summed E-state index contributed by atoms with van der Waals surface area (Å²) < 4.78 is 25.9. The van der Waals surface area contributed by atoms with Crippen LogP contribution in [0.5, 0.6) is 0 Å². The molecule has 1 fully saturated rings. The van der Waals surface area contributed by atoms with Gasteiger partial charge in [0, 0.05) is 25.7 Å². The molecule has 1 N–H and O–H groups in total. The van der Waals surface area contributed by atoms with Crippen molar-refractivity contribution in [1.29, 1.82) is 0 Å². The molecular formula is C10H11F2N2. The van der Waals surface area contributed by atoms with E-state index in [0.717, 1.165) is 19.2 Å². The van der Waals surface area contributed by atoms with Crippen LogP contribution in [0.4, 0.5) is 14.5 Å². The lowest BCUT2D eigenvalue weighted by Gasteiger charge is -2.28. The zero-order chi connectivity index (χ0) is 9.97. The van der Waals surface area contributed by atoms with Gasteiger partial charge < -0.3 is 10.2 Å². The highest BCUT2D eigenvalue weighted by Gasteiger charge is 2.14. The predicted octanol–water partition coefficient (Wildman–Crippen LogP) is 1.54. The third-order valence-corrected chi connectivity index (χ3v) is 2.20. The van der Waals surface area contributed by atoms with E-state index in [2.05, 4.69) is 5.32 Å². The molecule has 14 heavy (non-hydrogen) atoms. The van der Waals surface area contributed by atoms with E-state index in [4.69, 9.17) is 0 Å². The number of hydrogen-bond donors (Lipinski definition) is 1. The van der Waals surface area contributed by atoms with Crippen LogP contribution >= 0.6 is 0 Å². The first-order chi connectivity index (χ1) is 6.77. The Hall–Kier alpha value is -1.16. The number of piperazine rings is 1. The number of hydrogen-bond acceptors (Lipinski definition) is 2. The summed E-state index contributed by atoms with van der Waals surface area (Å²) in [6, 6.07) is 3.64. The Morgan fingerprint density at radius 1 is 1.29 bits per heavy atom. The Labute approximate surface area is 81.5 Å². The van der Waals surface area contributed by atoms with Gasteiger partial charge in [-0.15, -0.1) is 0 Å². The first-order valence-corrected chi connectivity index (χ1v) is 4.53. The van der Waals surface area contributed by atoms with Gasteiger partial charge in [0.05, 0.1) is 12.2 Å². The molecule has 0 aromatic heterocycles. The summed E-state index contributed by atoms with van der Waals surface area (Å²) in [6.45, 7) is 4.10. The maximum atomic E-state index is 13.3. The van der Waals surface area contributed by atoms with E-state index in [1.807, 2.05) is 6.54 Å². The minimum atomic E-state index is -0.540. The molecule has 0 aliphatic carbocycles. The van der Waals surface area contributed by atoms with Crippen LogP contribution in [0, 0.1) is 18.2 Å². The van der Waals surface area contributed by atoms with Gasteiger partial charge in [0.1, 0.15) is 11.6 Å². The molecular weight excluding hydrogens is 186 g/mol. The number of benzene rings is 1. The molecule has 1 aromatic carbocycles. The van der Waals surface area contributed by atoms with Crippen LogP contribution in [0.1, 0.15) is 0 Å². The van der Waals surface area contributed by atoms with Gasteiger partial charge in [0.25, 0.3) is 0 Å². The molecule has 0 bridgehead atoms. The molecule has 4 heteroatoms. The molecule has 1 aliphatic rings. The molecule has 1 radical (unpaired) electrons. The van der Waals surface area contributed by atoms with Gasteiger partial charge in [-0.1, -0.05) is 0 Å². The van der Waals surface area contributed by atoms with Crippen molar-refractivity contribution in [2.45, 2.75) is 0 Å². The molecule has 0 spiro atoms. The van der Waals surface area contributed by atoms with E-state index in [9.17, 15) is 8.78 Å². The molecule has 0 unspecified atom stereocenters. The van der Waals surface area contributed by atoms with Gasteiger partial charge in [-0.05, 0) is 12.1 Å². The fourth-order valence-corrected chi connectivity index (χ4v) is 1.50. The number of nitrogens with zero attached hydrogens (tertiary/aromatic N) is 1. The Morgan fingerprint density at radius 2 is 2.14 bits per heavy atom. The standard InChI is InChI=1S/C10H11F2N2/c11-8-1-2-10(9(12)7-8)14-5-3-13-4-6-14/h1-2,5,7,13H,3-4,6H2. The summed E-state index contributed by atoms with van der Waals surface area (Å²) in [5.74, 6) is -1.05. The van der Waals surface area contributed by atoms with Gasteiger partial charge >= 0.3 is 0 Å². The van der Waals surface area contributed by atoms with Crippen molar-refractivity contribution < 1.29 is 8.78 Å². The van der Waals surface area contributed by atoms with Crippen LogP contribution in [-0.2, 0) is 0 Å². The summed E-state index contributed by atoms with van der Waals surface area (Å²) >= 11 is 0. The highest BCUT2D eigenvalue weighted by Crippen LogP contribution is 2.21. The van der Waals surface area contributed by atoms with Crippen molar-refractivity contribution in [1.82, 2.24) is 5.32 Å². The monoisotopic (exact) mass is 197 g/mol. The average molecular weight is 197 g/mol. The summed E-state index contributed by atoms with van der Waals surface area (Å²) in [5, 5.41) is 3.12. The molecule has 1 saturated heterocycles. The lowest BCUT2D eigenvalue weighted by atomic mass is 10.2. The van der Waals surface area contributed by atoms with Crippen molar-refractivity contribution in [3.8, 4) is 0 Å². The highest BCUT2D eigenvalue weighted by molar-refractivity contribution is 5.50. The summed E-state index contributed by atoms with van der Waals surface area (Å²) in [5.41, 5.74) is 0.438. The summed E-state index contributed by atoms with van der Waals surface area (Å²) in [4.78, 5) is 1.80. The van der Waals surface area contributed by atoms with Crippen LogP contribution in [0.15, 0.2) is 18.2 Å². The highest BCUT2D eigenvalue weighted by atomic mass is 19.1. The van der Waals surface area contributed by atoms with Crippen LogP contribution in [0.2, 0.25) is 0 Å². The van der Waals surface area contributed by atoms with Gasteiger partial charge in [-0.2, -0.15) is 0 Å². The Morgan fingerprint density at radius 3 is 2.79 bits per heavy atom. The molecule has 2 rings (SSSR count). The van der Waals surface area contributed by atoms with Gasteiger partial charge in [0.2, 0.25) is 0 Å². The van der Waals surface area contributed by atoms with E-state index >= 15 is 0 Å². The van der Waals surface area contributed by atoms with Gasteiger partial charge in [-0.3, -0.25) is 0 Å². The zero-order valence-corrected chi connectivity index (χ0v) is 7.63. The van der Waals surface area contributed by atoms with E-state index in [-0.39, 0.29) is 0 Å². The maximum Gasteiger partial charge on any atom is 0.149 e. The second-order valence-electron chi connectivity index (χ2n) is 3.18. The largest absolute Gasteiger partial charge is 0.362 e. The maximum absolute atomic E-state index is 13.3. The van der Waals surface area contributed by atoms with E-state index in [1.165, 1.54) is 12.1 Å². The minimum absolute atomic E-state index is 0.438. The van der Waals surface area contributed by atoms with Gasteiger partial charge in [-0.25, -0.2) is 8.78 Å². The lowest BCUT2D eigenvalue weighted by molar-refractivity contribution is 0.572. The molecule has 1 aromatic rings. The summed E-state index contributed by atoms with van der Waals surface area (Å²) in [6.07, 6.45) is 0. The van der Waals surface area contributed by atoms with E-state index < -0.39 is 11.6 Å². The predicted molar refractivity (Wildman–Crippen MR) is 50.9 cm³/mol. The number of nitrogens with one attached hydrogen (secondary N) is 1. The normalized spacial score (nSPS) is 17.1. The fourth-order valence-electron chi connectivity index (χ4n) is 1.50. The topological polar surface area (TPSA) is 15.3 Å². The van der Waals surface area contributed by atoms with Crippen molar-refractivity contribution in [3.63, 3.8) is 0 Å².